The van der Waals surface area contributed by atoms with Gasteiger partial charge in [0.1, 0.15) is 0 Å². The van der Waals surface area contributed by atoms with Crippen molar-refractivity contribution in [3.05, 3.63) is 71.0 Å². The van der Waals surface area contributed by atoms with Gasteiger partial charge in [0.15, 0.2) is 5.82 Å². The lowest BCUT2D eigenvalue weighted by Gasteiger charge is -2.33. The Labute approximate surface area is 174 Å². The summed E-state index contributed by atoms with van der Waals surface area (Å²) >= 11 is 6.01. The second-order valence-corrected chi connectivity index (χ2v) is 9.35. The molecule has 7 nitrogen and oxygen atoms in total. The summed E-state index contributed by atoms with van der Waals surface area (Å²) in [4.78, 5) is 6.56. The Bertz CT molecular complexity index is 1060. The largest absolute Gasteiger partial charge is 0.334 e. The Morgan fingerprint density at radius 3 is 2.48 bits per heavy atom. The van der Waals surface area contributed by atoms with Gasteiger partial charge in [-0.05, 0) is 23.8 Å². The zero-order valence-electron chi connectivity index (χ0n) is 15.7. The van der Waals surface area contributed by atoms with E-state index >= 15 is 0 Å². The van der Waals surface area contributed by atoms with Gasteiger partial charge in [-0.1, -0.05) is 53.2 Å². The maximum absolute atomic E-state index is 12.7. The molecule has 0 amide bonds. The predicted molar refractivity (Wildman–Crippen MR) is 111 cm³/mol. The molecular weight excluding hydrogens is 412 g/mol. The third-order valence-electron chi connectivity index (χ3n) is 4.82. The van der Waals surface area contributed by atoms with E-state index in [4.69, 9.17) is 16.1 Å². The first-order chi connectivity index (χ1) is 14.0. The molecular formula is C20H21ClN4O3S. The Hall–Kier alpha value is -2.26. The van der Waals surface area contributed by atoms with E-state index in [0.29, 0.717) is 49.5 Å². The molecule has 0 aliphatic carbocycles. The average molecular weight is 433 g/mol. The van der Waals surface area contributed by atoms with Crippen LogP contribution in [0.1, 0.15) is 11.4 Å². The lowest BCUT2D eigenvalue weighted by molar-refractivity contribution is 0.176. The molecule has 1 aliphatic rings. The number of benzene rings is 2. The molecule has 0 unspecified atom stereocenters. The van der Waals surface area contributed by atoms with Gasteiger partial charge in [0.25, 0.3) is 5.89 Å². The molecule has 2 heterocycles. The highest BCUT2D eigenvalue weighted by molar-refractivity contribution is 7.88. The fourth-order valence-electron chi connectivity index (χ4n) is 3.30. The average Bonchev–Trinajstić information content (AvgIpc) is 3.17. The van der Waals surface area contributed by atoms with Crippen LogP contribution >= 0.6 is 11.6 Å². The van der Waals surface area contributed by atoms with Gasteiger partial charge >= 0.3 is 0 Å². The quantitative estimate of drug-likeness (QED) is 0.595. The highest BCUT2D eigenvalue weighted by atomic mass is 35.5. The van der Waals surface area contributed by atoms with Crippen LogP contribution in [-0.4, -0.2) is 53.9 Å². The summed E-state index contributed by atoms with van der Waals surface area (Å²) in [7, 11) is -3.32. The standard InChI is InChI=1S/C20H21ClN4O3S/c21-18-8-4-7-17(13-18)20-22-19(23-28-20)14-24-9-11-25(12-10-24)29(26,27)15-16-5-2-1-3-6-16/h1-8,13H,9-12,14-15H2. The van der Waals surface area contributed by atoms with Crippen molar-refractivity contribution in [2.45, 2.75) is 12.3 Å². The summed E-state index contributed by atoms with van der Waals surface area (Å²) in [6.45, 7) is 2.66. The first kappa shape index (κ1) is 20.0. The van der Waals surface area contributed by atoms with Crippen LogP contribution in [0.4, 0.5) is 0 Å². The summed E-state index contributed by atoms with van der Waals surface area (Å²) in [5.41, 5.74) is 1.57. The van der Waals surface area contributed by atoms with Crippen LogP contribution in [0.3, 0.4) is 0 Å². The fraction of sp³-hybridized carbons (Fsp3) is 0.300. The van der Waals surface area contributed by atoms with Gasteiger partial charge in [-0.15, -0.1) is 0 Å². The van der Waals surface area contributed by atoms with Crippen molar-refractivity contribution >= 4 is 21.6 Å². The van der Waals surface area contributed by atoms with Crippen LogP contribution in [0.5, 0.6) is 0 Å². The van der Waals surface area contributed by atoms with Crippen LogP contribution in [0.2, 0.25) is 5.02 Å². The molecule has 9 heteroatoms. The Balaban J connectivity index is 1.33. The van der Waals surface area contributed by atoms with Gasteiger partial charge in [-0.3, -0.25) is 4.90 Å². The van der Waals surface area contributed by atoms with Gasteiger partial charge in [0.2, 0.25) is 10.0 Å². The number of sulfonamides is 1. The monoisotopic (exact) mass is 432 g/mol. The highest BCUT2D eigenvalue weighted by Gasteiger charge is 2.27. The van der Waals surface area contributed by atoms with Crippen LogP contribution in [0, 0.1) is 0 Å². The van der Waals surface area contributed by atoms with Crippen LogP contribution < -0.4 is 0 Å². The molecule has 152 valence electrons. The van der Waals surface area contributed by atoms with Crippen molar-refractivity contribution < 1.29 is 12.9 Å². The smallest absolute Gasteiger partial charge is 0.258 e. The topological polar surface area (TPSA) is 79.5 Å². The van der Waals surface area contributed by atoms with Crippen molar-refractivity contribution in [1.29, 1.82) is 0 Å². The lowest BCUT2D eigenvalue weighted by atomic mass is 10.2. The molecule has 29 heavy (non-hydrogen) atoms. The molecule has 0 bridgehead atoms. The van der Waals surface area contributed by atoms with Gasteiger partial charge < -0.3 is 4.52 Å². The summed E-state index contributed by atoms with van der Waals surface area (Å²) in [6.07, 6.45) is 0. The van der Waals surface area contributed by atoms with E-state index in [9.17, 15) is 8.42 Å². The number of nitrogens with zero attached hydrogens (tertiary/aromatic N) is 4. The van der Waals surface area contributed by atoms with E-state index in [1.54, 1.807) is 16.4 Å². The van der Waals surface area contributed by atoms with Gasteiger partial charge in [0.05, 0.1) is 12.3 Å². The molecule has 0 N–H and O–H groups in total. The third kappa shape index (κ3) is 5.02. The predicted octanol–water partition coefficient (Wildman–Crippen LogP) is 3.04. The minimum atomic E-state index is -3.32. The molecule has 2 aromatic carbocycles. The number of rotatable bonds is 6. The lowest BCUT2D eigenvalue weighted by Crippen LogP contribution is -2.48. The number of hydrogen-bond acceptors (Lipinski definition) is 6. The minimum Gasteiger partial charge on any atom is -0.334 e. The Morgan fingerprint density at radius 2 is 1.76 bits per heavy atom. The van der Waals surface area contributed by atoms with E-state index in [1.165, 1.54) is 0 Å². The zero-order chi connectivity index (χ0) is 20.3. The SMILES string of the molecule is O=S(=O)(Cc1ccccc1)N1CCN(Cc2noc(-c3cccc(Cl)c3)n2)CC1. The van der Waals surface area contributed by atoms with Crippen LogP contribution in [0.25, 0.3) is 11.5 Å². The molecule has 0 atom stereocenters. The summed E-state index contributed by atoms with van der Waals surface area (Å²) in [5, 5.41) is 4.64. The Morgan fingerprint density at radius 1 is 1.00 bits per heavy atom. The fourth-order valence-corrected chi connectivity index (χ4v) is 5.01. The maximum Gasteiger partial charge on any atom is 0.258 e. The summed E-state index contributed by atoms with van der Waals surface area (Å²) in [5.74, 6) is 1.02. The van der Waals surface area contributed by atoms with Crippen molar-refractivity contribution in [2.24, 2.45) is 0 Å². The normalized spacial score (nSPS) is 16.2. The van der Waals surface area contributed by atoms with E-state index < -0.39 is 10.0 Å². The van der Waals surface area contributed by atoms with Crippen molar-refractivity contribution in [1.82, 2.24) is 19.3 Å². The summed E-state index contributed by atoms with van der Waals surface area (Å²) in [6, 6.07) is 16.5. The zero-order valence-corrected chi connectivity index (χ0v) is 17.3. The maximum atomic E-state index is 12.7. The van der Waals surface area contributed by atoms with Gasteiger partial charge in [-0.2, -0.15) is 9.29 Å². The van der Waals surface area contributed by atoms with E-state index in [0.717, 1.165) is 11.1 Å². The number of piperazine rings is 1. The molecule has 4 rings (SSSR count). The van der Waals surface area contributed by atoms with E-state index in [-0.39, 0.29) is 5.75 Å². The van der Waals surface area contributed by atoms with Gasteiger partial charge in [0, 0.05) is 36.8 Å². The molecule has 0 radical (unpaired) electrons. The second kappa shape index (κ2) is 8.62. The van der Waals surface area contributed by atoms with Crippen molar-refractivity contribution in [2.75, 3.05) is 26.2 Å². The van der Waals surface area contributed by atoms with E-state index in [1.807, 2.05) is 42.5 Å². The van der Waals surface area contributed by atoms with Gasteiger partial charge in [-0.25, -0.2) is 8.42 Å². The van der Waals surface area contributed by atoms with Crippen molar-refractivity contribution in [3.63, 3.8) is 0 Å². The molecule has 0 saturated carbocycles. The highest BCUT2D eigenvalue weighted by Crippen LogP contribution is 2.21. The van der Waals surface area contributed by atoms with Crippen molar-refractivity contribution in [3.8, 4) is 11.5 Å². The van der Waals surface area contributed by atoms with E-state index in [2.05, 4.69) is 15.0 Å². The molecule has 1 aliphatic heterocycles. The summed E-state index contributed by atoms with van der Waals surface area (Å²) < 4.78 is 32.2. The molecule has 3 aromatic rings. The minimum absolute atomic E-state index is 0.0294. The van der Waals surface area contributed by atoms with Crippen LogP contribution in [0.15, 0.2) is 59.1 Å². The number of hydrogen-bond donors (Lipinski definition) is 0. The number of aromatic nitrogens is 2. The Kier molecular flexibility index (Phi) is 5.96. The third-order valence-corrected chi connectivity index (χ3v) is 6.91. The second-order valence-electron chi connectivity index (χ2n) is 6.94. The molecule has 1 aromatic heterocycles. The first-order valence-corrected chi connectivity index (χ1v) is 11.3. The van der Waals surface area contributed by atoms with Crippen LogP contribution in [-0.2, 0) is 22.3 Å². The molecule has 1 saturated heterocycles. The number of halogens is 1. The molecule has 1 fully saturated rings. The first-order valence-electron chi connectivity index (χ1n) is 9.32. The molecule has 0 spiro atoms.